The van der Waals surface area contributed by atoms with Gasteiger partial charge in [-0.15, -0.1) is 0 Å². The first-order valence-corrected chi connectivity index (χ1v) is 7.39. The average molecular weight is 301 g/mol. The number of rotatable bonds is 2. The van der Waals surface area contributed by atoms with Crippen LogP contribution in [0.2, 0.25) is 0 Å². The molecule has 1 amide bonds. The zero-order valence-electron chi connectivity index (χ0n) is 12.4. The van der Waals surface area contributed by atoms with Crippen molar-refractivity contribution in [1.29, 1.82) is 0 Å². The first-order chi connectivity index (χ1) is 10.5. The van der Waals surface area contributed by atoms with Crippen molar-refractivity contribution in [2.75, 3.05) is 13.1 Å². The molecule has 1 heterocycles. The largest absolute Gasteiger partial charge is 0.338 e. The third-order valence-corrected chi connectivity index (χ3v) is 4.09. The van der Waals surface area contributed by atoms with Crippen LogP contribution in [0.5, 0.6) is 0 Å². The molecule has 4 heteroatoms. The number of hydrogen-bond donors (Lipinski definition) is 0. The minimum Gasteiger partial charge on any atom is -0.338 e. The molecular formula is C18H17F2NO. The summed E-state index contributed by atoms with van der Waals surface area (Å²) >= 11 is 0. The number of hydrogen-bond acceptors (Lipinski definition) is 1. The maximum atomic E-state index is 14.3. The van der Waals surface area contributed by atoms with Crippen LogP contribution in [0, 0.1) is 17.6 Å². The van der Waals surface area contributed by atoms with Gasteiger partial charge in [0.05, 0.1) is 5.56 Å². The molecule has 0 aliphatic carbocycles. The van der Waals surface area contributed by atoms with Crippen molar-refractivity contribution in [3.8, 4) is 11.1 Å². The van der Waals surface area contributed by atoms with Crippen molar-refractivity contribution in [1.82, 2.24) is 4.90 Å². The van der Waals surface area contributed by atoms with E-state index in [2.05, 4.69) is 6.92 Å². The Kier molecular flexibility index (Phi) is 3.92. The van der Waals surface area contributed by atoms with E-state index in [1.165, 1.54) is 24.3 Å². The zero-order chi connectivity index (χ0) is 15.7. The Morgan fingerprint density at radius 1 is 1.09 bits per heavy atom. The van der Waals surface area contributed by atoms with Crippen LogP contribution in [0.3, 0.4) is 0 Å². The molecule has 0 spiro atoms. The van der Waals surface area contributed by atoms with E-state index in [9.17, 15) is 13.6 Å². The van der Waals surface area contributed by atoms with Crippen LogP contribution < -0.4 is 0 Å². The van der Waals surface area contributed by atoms with Crippen LogP contribution in [0.4, 0.5) is 8.78 Å². The molecule has 1 fully saturated rings. The van der Waals surface area contributed by atoms with E-state index in [0.717, 1.165) is 6.42 Å². The summed E-state index contributed by atoms with van der Waals surface area (Å²) in [6.45, 7) is 3.44. The first-order valence-electron chi connectivity index (χ1n) is 7.39. The molecule has 114 valence electrons. The summed E-state index contributed by atoms with van der Waals surface area (Å²) in [7, 11) is 0. The number of likely N-dealkylation sites (tertiary alicyclic amines) is 1. The standard InChI is InChI=1S/C18H17F2NO/c1-12-8-9-21(11-12)18(22)16-7-4-14(10-17(16)20)13-2-5-15(19)6-3-13/h2-7,10,12H,8-9,11H2,1H3. The van der Waals surface area contributed by atoms with E-state index in [0.29, 0.717) is 30.1 Å². The Morgan fingerprint density at radius 3 is 2.36 bits per heavy atom. The van der Waals surface area contributed by atoms with E-state index in [-0.39, 0.29) is 17.3 Å². The smallest absolute Gasteiger partial charge is 0.256 e. The maximum absolute atomic E-state index is 14.3. The van der Waals surface area contributed by atoms with Gasteiger partial charge >= 0.3 is 0 Å². The minimum atomic E-state index is -0.536. The number of carbonyl (C=O) groups excluding carboxylic acids is 1. The molecule has 2 nitrogen and oxygen atoms in total. The molecule has 3 rings (SSSR count). The fourth-order valence-corrected chi connectivity index (χ4v) is 2.80. The lowest BCUT2D eigenvalue weighted by atomic mass is 10.0. The number of halogens is 2. The average Bonchev–Trinajstić information content (AvgIpc) is 2.94. The van der Waals surface area contributed by atoms with E-state index < -0.39 is 5.82 Å². The van der Waals surface area contributed by atoms with Gasteiger partial charge in [-0.2, -0.15) is 0 Å². The van der Waals surface area contributed by atoms with Crippen LogP contribution in [0.25, 0.3) is 11.1 Å². The van der Waals surface area contributed by atoms with Gasteiger partial charge in [0.1, 0.15) is 11.6 Å². The second-order valence-corrected chi connectivity index (χ2v) is 5.85. The summed E-state index contributed by atoms with van der Waals surface area (Å²) in [5, 5.41) is 0. The van der Waals surface area contributed by atoms with Crippen LogP contribution in [0.15, 0.2) is 42.5 Å². The van der Waals surface area contributed by atoms with E-state index in [1.807, 2.05) is 0 Å². The summed E-state index contributed by atoms with van der Waals surface area (Å²) in [6.07, 6.45) is 0.959. The molecule has 2 aromatic rings. The highest BCUT2D eigenvalue weighted by Gasteiger charge is 2.26. The molecule has 2 aromatic carbocycles. The maximum Gasteiger partial charge on any atom is 0.256 e. The van der Waals surface area contributed by atoms with Gasteiger partial charge in [0.2, 0.25) is 0 Å². The van der Waals surface area contributed by atoms with Gasteiger partial charge in [-0.25, -0.2) is 8.78 Å². The number of carbonyl (C=O) groups is 1. The lowest BCUT2D eigenvalue weighted by Crippen LogP contribution is -2.29. The molecule has 1 saturated heterocycles. The topological polar surface area (TPSA) is 20.3 Å². The highest BCUT2D eigenvalue weighted by molar-refractivity contribution is 5.95. The molecule has 22 heavy (non-hydrogen) atoms. The SMILES string of the molecule is CC1CCN(C(=O)c2ccc(-c3ccc(F)cc3)cc2F)C1. The van der Waals surface area contributed by atoms with Gasteiger partial charge in [0.15, 0.2) is 0 Å². The second kappa shape index (κ2) is 5.87. The quantitative estimate of drug-likeness (QED) is 0.817. The van der Waals surface area contributed by atoms with Gasteiger partial charge in [-0.3, -0.25) is 4.79 Å². The summed E-state index contributed by atoms with van der Waals surface area (Å²) in [4.78, 5) is 14.0. The van der Waals surface area contributed by atoms with Crippen molar-refractivity contribution in [3.05, 3.63) is 59.7 Å². The summed E-state index contributed by atoms with van der Waals surface area (Å²) < 4.78 is 27.2. The monoisotopic (exact) mass is 301 g/mol. The van der Waals surface area contributed by atoms with Crippen LogP contribution >= 0.6 is 0 Å². The molecule has 1 aliphatic rings. The fraction of sp³-hybridized carbons (Fsp3) is 0.278. The molecule has 0 bridgehead atoms. The second-order valence-electron chi connectivity index (χ2n) is 5.85. The van der Waals surface area contributed by atoms with Crippen LogP contribution in [-0.4, -0.2) is 23.9 Å². The van der Waals surface area contributed by atoms with Gasteiger partial charge in [0, 0.05) is 13.1 Å². The Labute approximate surface area is 128 Å². The Bertz CT molecular complexity index is 697. The molecule has 1 unspecified atom stereocenters. The van der Waals surface area contributed by atoms with Crippen LogP contribution in [0.1, 0.15) is 23.7 Å². The minimum absolute atomic E-state index is 0.0972. The van der Waals surface area contributed by atoms with E-state index in [4.69, 9.17) is 0 Å². The Morgan fingerprint density at radius 2 is 1.77 bits per heavy atom. The lowest BCUT2D eigenvalue weighted by molar-refractivity contribution is 0.0783. The highest BCUT2D eigenvalue weighted by Crippen LogP contribution is 2.24. The van der Waals surface area contributed by atoms with E-state index >= 15 is 0 Å². The highest BCUT2D eigenvalue weighted by atomic mass is 19.1. The zero-order valence-corrected chi connectivity index (χ0v) is 12.4. The molecule has 0 saturated carbocycles. The predicted octanol–water partition coefficient (Wildman–Crippen LogP) is 4.11. The van der Waals surface area contributed by atoms with Gasteiger partial charge in [-0.05, 0) is 47.7 Å². The van der Waals surface area contributed by atoms with Crippen molar-refractivity contribution in [3.63, 3.8) is 0 Å². The van der Waals surface area contributed by atoms with Gasteiger partial charge < -0.3 is 4.90 Å². The van der Waals surface area contributed by atoms with Gasteiger partial charge in [-0.1, -0.05) is 25.1 Å². The van der Waals surface area contributed by atoms with Crippen molar-refractivity contribution in [2.45, 2.75) is 13.3 Å². The normalized spacial score (nSPS) is 17.8. The first kappa shape index (κ1) is 14.7. The molecular weight excluding hydrogens is 284 g/mol. The van der Waals surface area contributed by atoms with Crippen molar-refractivity contribution in [2.24, 2.45) is 5.92 Å². The Balaban J connectivity index is 1.86. The molecule has 1 atom stereocenters. The van der Waals surface area contributed by atoms with Crippen molar-refractivity contribution >= 4 is 5.91 Å². The van der Waals surface area contributed by atoms with Gasteiger partial charge in [0.25, 0.3) is 5.91 Å². The molecule has 0 N–H and O–H groups in total. The van der Waals surface area contributed by atoms with E-state index in [1.54, 1.807) is 23.1 Å². The third kappa shape index (κ3) is 2.86. The van der Waals surface area contributed by atoms with Crippen LogP contribution in [-0.2, 0) is 0 Å². The summed E-state index contributed by atoms with van der Waals surface area (Å²) in [6, 6.07) is 10.4. The lowest BCUT2D eigenvalue weighted by Gasteiger charge is -2.16. The summed E-state index contributed by atoms with van der Waals surface area (Å²) in [5.41, 5.74) is 1.44. The third-order valence-electron chi connectivity index (χ3n) is 4.09. The predicted molar refractivity (Wildman–Crippen MR) is 81.5 cm³/mol. The summed E-state index contributed by atoms with van der Waals surface area (Å²) in [5.74, 6) is -0.663. The molecule has 1 aliphatic heterocycles. The number of nitrogens with zero attached hydrogens (tertiary/aromatic N) is 1. The Hall–Kier alpha value is -2.23. The molecule has 0 aromatic heterocycles. The fourth-order valence-electron chi connectivity index (χ4n) is 2.80. The van der Waals surface area contributed by atoms with Crippen molar-refractivity contribution < 1.29 is 13.6 Å². The number of amides is 1. The molecule has 0 radical (unpaired) electrons. The number of benzene rings is 2.